The van der Waals surface area contributed by atoms with Crippen LogP contribution in [0.5, 0.6) is 0 Å². The Hall–Kier alpha value is -1.71. The number of benzene rings is 1. The van der Waals surface area contributed by atoms with E-state index in [0.29, 0.717) is 18.5 Å². The van der Waals surface area contributed by atoms with Crippen molar-refractivity contribution in [2.24, 2.45) is 0 Å². The number of amides is 1. The summed E-state index contributed by atoms with van der Waals surface area (Å²) in [6, 6.07) is 5.89. The van der Waals surface area contributed by atoms with E-state index in [1.165, 1.54) is 12.1 Å². The number of unbranched alkanes of at least 4 members (excludes halogenated alkanes) is 3. The quantitative estimate of drug-likeness (QED) is 0.680. The number of hydrogen-bond acceptors (Lipinski definition) is 2. The summed E-state index contributed by atoms with van der Waals surface area (Å²) in [5, 5.41) is 0. The Balaban J connectivity index is 2.25. The fourth-order valence-electron chi connectivity index (χ4n) is 1.98. The highest BCUT2D eigenvalue weighted by Gasteiger charge is 2.10. The second-order valence-corrected chi connectivity index (χ2v) is 5.05. The number of ketones is 1. The first-order valence-corrected chi connectivity index (χ1v) is 7.02. The van der Waals surface area contributed by atoms with Gasteiger partial charge in [-0.2, -0.15) is 0 Å². The van der Waals surface area contributed by atoms with Gasteiger partial charge < -0.3 is 9.69 Å². The third kappa shape index (κ3) is 5.95. The molecule has 0 spiro atoms. The van der Waals surface area contributed by atoms with Crippen molar-refractivity contribution < 1.29 is 14.0 Å². The van der Waals surface area contributed by atoms with Gasteiger partial charge >= 0.3 is 0 Å². The van der Waals surface area contributed by atoms with Crippen LogP contribution < -0.4 is 4.90 Å². The number of nitrogens with zero attached hydrogens (tertiary/aromatic N) is 1. The number of halogens is 1. The highest BCUT2D eigenvalue weighted by molar-refractivity contribution is 5.92. The Labute approximate surface area is 119 Å². The molecule has 3 nitrogen and oxygen atoms in total. The van der Waals surface area contributed by atoms with E-state index in [2.05, 4.69) is 0 Å². The molecule has 1 aromatic carbocycles. The second kappa shape index (κ2) is 8.46. The molecule has 0 saturated heterocycles. The molecule has 0 N–H and O–H groups in total. The first-order valence-electron chi connectivity index (χ1n) is 7.02. The fraction of sp³-hybridized carbons (Fsp3) is 0.500. The van der Waals surface area contributed by atoms with Gasteiger partial charge in [0, 0.05) is 25.6 Å². The molecule has 0 atom stereocenters. The van der Waals surface area contributed by atoms with Gasteiger partial charge in [0.05, 0.1) is 0 Å². The minimum absolute atomic E-state index is 0.0307. The summed E-state index contributed by atoms with van der Waals surface area (Å²) < 4.78 is 12.8. The van der Waals surface area contributed by atoms with Crippen LogP contribution in [0.1, 0.15) is 45.4 Å². The van der Waals surface area contributed by atoms with Gasteiger partial charge in [0.2, 0.25) is 5.91 Å². The first-order chi connectivity index (χ1) is 9.50. The van der Waals surface area contributed by atoms with E-state index in [1.807, 2.05) is 0 Å². The Bertz CT molecular complexity index is 442. The monoisotopic (exact) mass is 279 g/mol. The molecule has 0 fully saturated rings. The molecule has 0 aliphatic rings. The van der Waals surface area contributed by atoms with Gasteiger partial charge in [0.15, 0.2) is 0 Å². The maximum Gasteiger partial charge on any atom is 0.226 e. The Morgan fingerprint density at radius 1 is 1.00 bits per heavy atom. The smallest absolute Gasteiger partial charge is 0.226 e. The molecule has 0 aliphatic heterocycles. The van der Waals surface area contributed by atoms with E-state index in [-0.39, 0.29) is 17.5 Å². The predicted octanol–water partition coefficient (Wildman–Crippen LogP) is 3.72. The van der Waals surface area contributed by atoms with Crippen molar-refractivity contribution >= 4 is 17.4 Å². The summed E-state index contributed by atoms with van der Waals surface area (Å²) in [7, 11) is 1.70. The molecule has 1 amide bonds. The number of carbonyl (C=O) groups is 2. The molecule has 0 radical (unpaired) electrons. The third-order valence-electron chi connectivity index (χ3n) is 3.26. The zero-order chi connectivity index (χ0) is 15.0. The third-order valence-corrected chi connectivity index (χ3v) is 3.26. The maximum absolute atomic E-state index is 12.8. The minimum atomic E-state index is -0.305. The second-order valence-electron chi connectivity index (χ2n) is 5.05. The Morgan fingerprint density at radius 2 is 1.55 bits per heavy atom. The predicted molar refractivity (Wildman–Crippen MR) is 78.2 cm³/mol. The summed E-state index contributed by atoms with van der Waals surface area (Å²) in [5.74, 6) is -0.0552. The topological polar surface area (TPSA) is 37.4 Å². The Morgan fingerprint density at radius 3 is 2.10 bits per heavy atom. The summed E-state index contributed by atoms with van der Waals surface area (Å²) in [6.45, 7) is 1.60. The van der Waals surface area contributed by atoms with Gasteiger partial charge in [-0.25, -0.2) is 4.39 Å². The number of Topliss-reactive ketones (excluding diaryl/α,β-unsaturated/α-hetero) is 1. The van der Waals surface area contributed by atoms with Crippen molar-refractivity contribution in [3.05, 3.63) is 30.1 Å². The van der Waals surface area contributed by atoms with E-state index in [1.54, 1.807) is 31.0 Å². The molecule has 1 rings (SSSR count). The van der Waals surface area contributed by atoms with Gasteiger partial charge in [-0.15, -0.1) is 0 Å². The molecule has 0 heterocycles. The number of anilines is 1. The molecule has 4 heteroatoms. The van der Waals surface area contributed by atoms with Crippen molar-refractivity contribution in [3.8, 4) is 0 Å². The molecule has 0 bridgehead atoms. The Kier molecular flexibility index (Phi) is 6.91. The highest BCUT2D eigenvalue weighted by atomic mass is 19.1. The van der Waals surface area contributed by atoms with Gasteiger partial charge in [-0.05, 0) is 44.0 Å². The number of hydrogen-bond donors (Lipinski definition) is 0. The average Bonchev–Trinajstić information content (AvgIpc) is 2.42. The molecule has 0 unspecified atom stereocenters. The molecule has 0 saturated carbocycles. The van der Waals surface area contributed by atoms with Crippen LogP contribution in [-0.4, -0.2) is 18.7 Å². The number of rotatable bonds is 8. The van der Waals surface area contributed by atoms with Crippen molar-refractivity contribution in [2.75, 3.05) is 11.9 Å². The lowest BCUT2D eigenvalue weighted by molar-refractivity contribution is -0.119. The molecule has 0 aliphatic carbocycles. The van der Waals surface area contributed by atoms with Gasteiger partial charge in [-0.1, -0.05) is 12.8 Å². The zero-order valence-electron chi connectivity index (χ0n) is 12.2. The lowest BCUT2D eigenvalue weighted by atomic mass is 10.1. The molecule has 20 heavy (non-hydrogen) atoms. The lowest BCUT2D eigenvalue weighted by Crippen LogP contribution is -2.25. The van der Waals surface area contributed by atoms with Crippen LogP contribution in [0.15, 0.2) is 24.3 Å². The van der Waals surface area contributed by atoms with Crippen molar-refractivity contribution in [1.29, 1.82) is 0 Å². The summed E-state index contributed by atoms with van der Waals surface area (Å²) in [4.78, 5) is 24.3. The van der Waals surface area contributed by atoms with Crippen LogP contribution in [0.25, 0.3) is 0 Å². The summed E-state index contributed by atoms with van der Waals surface area (Å²) in [5.41, 5.74) is 0.702. The van der Waals surface area contributed by atoms with E-state index >= 15 is 0 Å². The molecule has 110 valence electrons. The largest absolute Gasteiger partial charge is 0.316 e. The van der Waals surface area contributed by atoms with E-state index in [0.717, 1.165) is 25.7 Å². The van der Waals surface area contributed by atoms with Crippen LogP contribution in [0.4, 0.5) is 10.1 Å². The molecule has 1 aromatic rings. The van der Waals surface area contributed by atoms with Crippen LogP contribution in [0, 0.1) is 5.82 Å². The van der Waals surface area contributed by atoms with Crippen LogP contribution in [0.2, 0.25) is 0 Å². The average molecular weight is 279 g/mol. The van der Waals surface area contributed by atoms with Crippen LogP contribution in [0.3, 0.4) is 0 Å². The minimum Gasteiger partial charge on any atom is -0.316 e. The van der Waals surface area contributed by atoms with E-state index < -0.39 is 0 Å². The fourth-order valence-corrected chi connectivity index (χ4v) is 1.98. The van der Waals surface area contributed by atoms with Gasteiger partial charge in [0.25, 0.3) is 0 Å². The standard InChI is InChI=1S/C16H22FNO2/c1-13(19)7-5-3-4-6-8-16(20)18(2)15-11-9-14(17)10-12-15/h9-12H,3-8H2,1-2H3. The van der Waals surface area contributed by atoms with Crippen LogP contribution in [-0.2, 0) is 9.59 Å². The van der Waals surface area contributed by atoms with Gasteiger partial charge in [-0.3, -0.25) is 4.79 Å². The highest BCUT2D eigenvalue weighted by Crippen LogP contribution is 2.15. The van der Waals surface area contributed by atoms with E-state index in [4.69, 9.17) is 0 Å². The van der Waals surface area contributed by atoms with E-state index in [9.17, 15) is 14.0 Å². The van der Waals surface area contributed by atoms with Gasteiger partial charge in [0.1, 0.15) is 11.6 Å². The molecule has 0 aromatic heterocycles. The number of carbonyl (C=O) groups excluding carboxylic acids is 2. The van der Waals surface area contributed by atoms with Crippen molar-refractivity contribution in [1.82, 2.24) is 0 Å². The van der Waals surface area contributed by atoms with Crippen LogP contribution >= 0.6 is 0 Å². The molecular weight excluding hydrogens is 257 g/mol. The SMILES string of the molecule is CC(=O)CCCCCCC(=O)N(C)c1ccc(F)cc1. The first kappa shape index (κ1) is 16.3. The summed E-state index contributed by atoms with van der Waals surface area (Å²) in [6.07, 6.45) is 4.76. The zero-order valence-corrected chi connectivity index (χ0v) is 12.2. The summed E-state index contributed by atoms with van der Waals surface area (Å²) >= 11 is 0. The van der Waals surface area contributed by atoms with Crippen molar-refractivity contribution in [2.45, 2.75) is 45.4 Å². The molecular formula is C16H22FNO2. The normalized spacial score (nSPS) is 10.3. The van der Waals surface area contributed by atoms with Crippen molar-refractivity contribution in [3.63, 3.8) is 0 Å². The maximum atomic E-state index is 12.8. The lowest BCUT2D eigenvalue weighted by Gasteiger charge is -2.17.